The van der Waals surface area contributed by atoms with E-state index in [4.69, 9.17) is 0 Å². The number of carbonyl (C=O) groups excluding carboxylic acids is 2. The highest BCUT2D eigenvalue weighted by Gasteiger charge is 2.40. The minimum atomic E-state index is -4.81. The fraction of sp³-hybridized carbons (Fsp3) is 0.316. The Morgan fingerprint density at radius 2 is 1.61 bits per heavy atom. The summed E-state index contributed by atoms with van der Waals surface area (Å²) < 4.78 is 66.1. The lowest BCUT2D eigenvalue weighted by atomic mass is 9.98. The molecular weight excluding hydrogens is 437 g/mol. The fourth-order valence-corrected chi connectivity index (χ4v) is 4.90. The quantitative estimate of drug-likeness (QED) is 0.684. The van der Waals surface area contributed by atoms with Gasteiger partial charge in [0.05, 0.1) is 10.5 Å². The summed E-state index contributed by atoms with van der Waals surface area (Å²) >= 11 is 0. The van der Waals surface area contributed by atoms with E-state index in [1.165, 1.54) is 30.6 Å². The van der Waals surface area contributed by atoms with Gasteiger partial charge in [-0.1, -0.05) is 12.1 Å². The highest BCUT2D eigenvalue weighted by molar-refractivity contribution is 7.89. The average molecular weight is 456 g/mol. The third-order valence-corrected chi connectivity index (χ3v) is 6.83. The number of nitrogens with one attached hydrogen (secondary N) is 2. The van der Waals surface area contributed by atoms with Crippen LogP contribution in [0.4, 0.5) is 13.2 Å². The number of carbonyl (C=O) groups is 2. The first-order valence-electron chi connectivity index (χ1n) is 9.27. The number of alkyl halides is 3. The second-order valence-corrected chi connectivity index (χ2v) is 8.76. The number of piperidine rings is 1. The Labute approximate surface area is 176 Å². The van der Waals surface area contributed by atoms with Gasteiger partial charge in [-0.05, 0) is 37.1 Å². The van der Waals surface area contributed by atoms with Crippen LogP contribution in [-0.2, 0) is 21.0 Å². The van der Waals surface area contributed by atoms with Crippen LogP contribution in [0.3, 0.4) is 0 Å². The number of hydrazine groups is 1. The first kappa shape index (κ1) is 22.7. The Morgan fingerprint density at radius 3 is 2.23 bits per heavy atom. The molecule has 1 aromatic carbocycles. The van der Waals surface area contributed by atoms with E-state index in [1.807, 2.05) is 0 Å². The Bertz CT molecular complexity index is 1050. The van der Waals surface area contributed by atoms with Crippen LogP contribution in [0.5, 0.6) is 0 Å². The van der Waals surface area contributed by atoms with Gasteiger partial charge in [0, 0.05) is 37.0 Å². The largest absolute Gasteiger partial charge is 0.417 e. The molecule has 0 bridgehead atoms. The first-order valence-corrected chi connectivity index (χ1v) is 10.7. The zero-order valence-corrected chi connectivity index (χ0v) is 16.9. The molecule has 1 aromatic heterocycles. The maximum absolute atomic E-state index is 13.2. The number of nitrogens with zero attached hydrogens (tertiary/aromatic N) is 2. The van der Waals surface area contributed by atoms with Gasteiger partial charge < -0.3 is 0 Å². The molecule has 0 radical (unpaired) electrons. The van der Waals surface area contributed by atoms with Crippen molar-refractivity contribution in [1.82, 2.24) is 20.1 Å². The second-order valence-electron chi connectivity index (χ2n) is 6.85. The van der Waals surface area contributed by atoms with Crippen molar-refractivity contribution in [2.24, 2.45) is 5.92 Å². The van der Waals surface area contributed by atoms with Crippen LogP contribution >= 0.6 is 0 Å². The smallest absolute Gasteiger partial charge is 0.273 e. The Hall–Kier alpha value is -2.99. The van der Waals surface area contributed by atoms with Crippen molar-refractivity contribution in [3.05, 3.63) is 59.9 Å². The number of hydrogen-bond donors (Lipinski definition) is 2. The minimum Gasteiger partial charge on any atom is -0.273 e. The Kier molecular flexibility index (Phi) is 6.60. The molecule has 2 amide bonds. The van der Waals surface area contributed by atoms with Gasteiger partial charge in [-0.3, -0.25) is 25.4 Å². The number of aromatic nitrogens is 1. The molecule has 1 aliphatic heterocycles. The first-order chi connectivity index (χ1) is 14.6. The van der Waals surface area contributed by atoms with Gasteiger partial charge in [0.25, 0.3) is 5.91 Å². The Morgan fingerprint density at radius 1 is 1.00 bits per heavy atom. The van der Waals surface area contributed by atoms with Gasteiger partial charge in [0.1, 0.15) is 0 Å². The topological polar surface area (TPSA) is 108 Å². The van der Waals surface area contributed by atoms with Gasteiger partial charge in [-0.15, -0.1) is 0 Å². The molecule has 0 unspecified atom stereocenters. The van der Waals surface area contributed by atoms with Gasteiger partial charge in [0.2, 0.25) is 15.9 Å². The van der Waals surface area contributed by atoms with Crippen LogP contribution in [0.1, 0.15) is 28.8 Å². The van der Waals surface area contributed by atoms with Crippen molar-refractivity contribution in [1.29, 1.82) is 0 Å². The van der Waals surface area contributed by atoms with Crippen molar-refractivity contribution in [3.8, 4) is 0 Å². The fourth-order valence-electron chi connectivity index (χ4n) is 3.22. The summed E-state index contributed by atoms with van der Waals surface area (Å²) in [5.41, 5.74) is 3.62. The van der Waals surface area contributed by atoms with Crippen molar-refractivity contribution >= 4 is 21.8 Å². The van der Waals surface area contributed by atoms with E-state index in [2.05, 4.69) is 15.8 Å². The molecule has 0 saturated carbocycles. The molecule has 2 N–H and O–H groups in total. The zero-order chi connectivity index (χ0) is 22.6. The molecule has 1 saturated heterocycles. The molecule has 31 heavy (non-hydrogen) atoms. The summed E-state index contributed by atoms with van der Waals surface area (Å²) in [6.07, 6.45) is -1.77. The van der Waals surface area contributed by atoms with Gasteiger partial charge >= 0.3 is 6.18 Å². The summed E-state index contributed by atoms with van der Waals surface area (Å²) in [6.45, 7) is -0.240. The van der Waals surface area contributed by atoms with Crippen LogP contribution in [-0.4, -0.2) is 42.6 Å². The second kappa shape index (κ2) is 9.02. The molecular formula is C19H19F3N4O4S. The third kappa shape index (κ3) is 5.20. The normalized spacial score (nSPS) is 16.0. The standard InChI is InChI=1S/C19H19F3N4O4S/c20-19(21,22)15-3-1-2-4-16(15)31(29,30)26-11-7-14(8-12-26)18(28)25-24-17(27)13-5-9-23-10-6-13/h1-6,9-10,14H,7-8,11-12H2,(H,24,27)(H,25,28). The number of hydrogen-bond acceptors (Lipinski definition) is 5. The molecule has 0 spiro atoms. The molecule has 166 valence electrons. The monoisotopic (exact) mass is 456 g/mol. The van der Waals surface area contributed by atoms with E-state index < -0.39 is 44.4 Å². The zero-order valence-electron chi connectivity index (χ0n) is 16.1. The molecule has 2 heterocycles. The van der Waals surface area contributed by atoms with Crippen molar-refractivity contribution in [3.63, 3.8) is 0 Å². The molecule has 1 fully saturated rings. The average Bonchev–Trinajstić information content (AvgIpc) is 2.77. The predicted octanol–water partition coefficient (Wildman–Crippen LogP) is 1.96. The number of benzene rings is 1. The molecule has 12 heteroatoms. The summed E-state index contributed by atoms with van der Waals surface area (Å²) in [6, 6.07) is 6.92. The van der Waals surface area contributed by atoms with E-state index in [0.29, 0.717) is 5.56 Å². The van der Waals surface area contributed by atoms with Crippen LogP contribution in [0.25, 0.3) is 0 Å². The summed E-state index contributed by atoms with van der Waals surface area (Å²) in [7, 11) is -4.38. The summed E-state index contributed by atoms with van der Waals surface area (Å²) in [5.74, 6) is -1.64. The van der Waals surface area contributed by atoms with E-state index in [1.54, 1.807) is 0 Å². The summed E-state index contributed by atoms with van der Waals surface area (Å²) in [4.78, 5) is 27.2. The minimum absolute atomic E-state index is 0.102. The van der Waals surface area contributed by atoms with E-state index in [0.717, 1.165) is 22.5 Å². The van der Waals surface area contributed by atoms with Crippen LogP contribution in [0, 0.1) is 5.92 Å². The lowest BCUT2D eigenvalue weighted by Crippen LogP contribution is -2.48. The van der Waals surface area contributed by atoms with Gasteiger partial charge in [-0.25, -0.2) is 8.42 Å². The number of amides is 2. The summed E-state index contributed by atoms with van der Waals surface area (Å²) in [5, 5.41) is 0. The lowest BCUT2D eigenvalue weighted by Gasteiger charge is -2.31. The lowest BCUT2D eigenvalue weighted by molar-refractivity contribution is -0.139. The van der Waals surface area contributed by atoms with Crippen LogP contribution in [0.2, 0.25) is 0 Å². The van der Waals surface area contributed by atoms with E-state index in [9.17, 15) is 31.2 Å². The van der Waals surface area contributed by atoms with Crippen molar-refractivity contribution in [2.75, 3.05) is 13.1 Å². The van der Waals surface area contributed by atoms with Crippen LogP contribution < -0.4 is 10.9 Å². The van der Waals surface area contributed by atoms with Crippen LogP contribution in [0.15, 0.2) is 53.7 Å². The molecule has 0 aliphatic carbocycles. The molecule has 3 rings (SSSR count). The number of rotatable bonds is 4. The molecule has 0 atom stereocenters. The number of halogens is 3. The molecule has 1 aliphatic rings. The third-order valence-electron chi connectivity index (χ3n) is 4.88. The Balaban J connectivity index is 1.60. The van der Waals surface area contributed by atoms with E-state index in [-0.39, 0.29) is 25.9 Å². The highest BCUT2D eigenvalue weighted by atomic mass is 32.2. The van der Waals surface area contributed by atoms with Crippen molar-refractivity contribution < 1.29 is 31.2 Å². The molecule has 2 aromatic rings. The predicted molar refractivity (Wildman–Crippen MR) is 103 cm³/mol. The maximum atomic E-state index is 13.2. The van der Waals surface area contributed by atoms with Gasteiger partial charge in [-0.2, -0.15) is 17.5 Å². The SMILES string of the molecule is O=C(NNC(=O)C1CCN(S(=O)(=O)c2ccccc2C(F)(F)F)CC1)c1ccncc1. The maximum Gasteiger partial charge on any atom is 0.417 e. The number of sulfonamides is 1. The highest BCUT2D eigenvalue weighted by Crippen LogP contribution is 2.36. The molecule has 8 nitrogen and oxygen atoms in total. The number of pyridine rings is 1. The van der Waals surface area contributed by atoms with Crippen molar-refractivity contribution in [2.45, 2.75) is 23.9 Å². The van der Waals surface area contributed by atoms with E-state index >= 15 is 0 Å². The van der Waals surface area contributed by atoms with Gasteiger partial charge in [0.15, 0.2) is 0 Å².